The van der Waals surface area contributed by atoms with Gasteiger partial charge in [0.2, 0.25) is 5.91 Å². The SMILES string of the molecule is CCc1ccc(NCc2cc3ccc(OC)cc3n(CC(=O)Nc3ccccc3F)c2=O)cc1. The summed E-state index contributed by atoms with van der Waals surface area (Å²) in [5, 5.41) is 6.62. The van der Waals surface area contributed by atoms with E-state index in [-0.39, 0.29) is 17.8 Å². The van der Waals surface area contributed by atoms with Gasteiger partial charge in [-0.15, -0.1) is 0 Å². The van der Waals surface area contributed by atoms with E-state index < -0.39 is 11.7 Å². The summed E-state index contributed by atoms with van der Waals surface area (Å²) in [5.74, 6) is -0.476. The summed E-state index contributed by atoms with van der Waals surface area (Å²) in [5.41, 5.74) is 2.96. The molecule has 0 aliphatic rings. The first kappa shape index (κ1) is 23.0. The molecule has 4 aromatic rings. The van der Waals surface area contributed by atoms with Gasteiger partial charge in [0.05, 0.1) is 18.3 Å². The fraction of sp³-hybridized carbons (Fsp3) is 0.185. The van der Waals surface area contributed by atoms with Crippen molar-refractivity contribution < 1.29 is 13.9 Å². The number of carbonyl (C=O) groups excluding carboxylic acids is 1. The van der Waals surface area contributed by atoms with Crippen LogP contribution in [0.15, 0.2) is 77.6 Å². The van der Waals surface area contributed by atoms with Crippen LogP contribution in [0.2, 0.25) is 0 Å². The van der Waals surface area contributed by atoms with Crippen molar-refractivity contribution >= 4 is 28.2 Å². The smallest absolute Gasteiger partial charge is 0.256 e. The quantitative estimate of drug-likeness (QED) is 0.391. The molecule has 4 rings (SSSR count). The average molecular weight is 460 g/mol. The molecule has 174 valence electrons. The maximum atomic E-state index is 14.0. The molecule has 0 radical (unpaired) electrons. The number of rotatable bonds is 8. The minimum atomic E-state index is -0.540. The highest BCUT2D eigenvalue weighted by atomic mass is 19.1. The summed E-state index contributed by atoms with van der Waals surface area (Å²) in [4.78, 5) is 26.1. The first-order valence-electron chi connectivity index (χ1n) is 11.1. The maximum absolute atomic E-state index is 14.0. The van der Waals surface area contributed by atoms with Crippen LogP contribution in [0, 0.1) is 5.82 Å². The molecule has 1 heterocycles. The molecule has 1 aromatic heterocycles. The van der Waals surface area contributed by atoms with Crippen LogP contribution in [0.1, 0.15) is 18.1 Å². The lowest BCUT2D eigenvalue weighted by Gasteiger charge is -2.15. The molecule has 1 amide bonds. The summed E-state index contributed by atoms with van der Waals surface area (Å²) in [6.45, 7) is 2.12. The number of aromatic nitrogens is 1. The van der Waals surface area contributed by atoms with Crippen molar-refractivity contribution in [2.75, 3.05) is 17.7 Å². The van der Waals surface area contributed by atoms with E-state index in [9.17, 15) is 14.0 Å². The normalized spacial score (nSPS) is 10.8. The number of para-hydroxylation sites is 1. The molecule has 2 N–H and O–H groups in total. The van der Waals surface area contributed by atoms with Crippen molar-refractivity contribution in [1.29, 1.82) is 0 Å². The zero-order valence-electron chi connectivity index (χ0n) is 19.1. The molecule has 3 aromatic carbocycles. The molecule has 34 heavy (non-hydrogen) atoms. The number of halogens is 1. The predicted octanol–water partition coefficient (Wildman–Crippen LogP) is 4.96. The van der Waals surface area contributed by atoms with E-state index in [0.717, 1.165) is 17.5 Å². The van der Waals surface area contributed by atoms with Crippen molar-refractivity contribution in [1.82, 2.24) is 4.57 Å². The van der Waals surface area contributed by atoms with E-state index in [1.807, 2.05) is 36.4 Å². The van der Waals surface area contributed by atoms with E-state index in [0.29, 0.717) is 23.4 Å². The zero-order chi connectivity index (χ0) is 24.1. The minimum Gasteiger partial charge on any atom is -0.497 e. The Bertz CT molecular complexity index is 1380. The summed E-state index contributed by atoms with van der Waals surface area (Å²) in [6.07, 6.45) is 0.952. The molecule has 0 spiro atoms. The number of fused-ring (bicyclic) bond motifs is 1. The highest BCUT2D eigenvalue weighted by Gasteiger charge is 2.15. The Morgan fingerprint density at radius 1 is 1.03 bits per heavy atom. The number of carbonyl (C=O) groups is 1. The molecular formula is C27H26FN3O3. The van der Waals surface area contributed by atoms with Gasteiger partial charge >= 0.3 is 0 Å². The van der Waals surface area contributed by atoms with Crippen LogP contribution >= 0.6 is 0 Å². The van der Waals surface area contributed by atoms with Gasteiger partial charge in [-0.05, 0) is 59.8 Å². The topological polar surface area (TPSA) is 72.4 Å². The molecule has 0 atom stereocenters. The lowest BCUT2D eigenvalue weighted by molar-refractivity contribution is -0.116. The number of hydrogen-bond donors (Lipinski definition) is 2. The van der Waals surface area contributed by atoms with Gasteiger partial charge in [-0.1, -0.05) is 31.2 Å². The average Bonchev–Trinajstić information content (AvgIpc) is 2.86. The van der Waals surface area contributed by atoms with Gasteiger partial charge in [0.25, 0.3) is 5.56 Å². The van der Waals surface area contributed by atoms with Crippen molar-refractivity contribution in [3.63, 3.8) is 0 Å². The third kappa shape index (κ3) is 5.09. The zero-order valence-corrected chi connectivity index (χ0v) is 19.1. The second-order valence-corrected chi connectivity index (χ2v) is 7.92. The molecule has 0 bridgehead atoms. The number of methoxy groups -OCH3 is 1. The monoisotopic (exact) mass is 459 g/mol. The van der Waals surface area contributed by atoms with Crippen LogP contribution in [0.25, 0.3) is 10.9 Å². The lowest BCUT2D eigenvalue weighted by atomic mass is 10.1. The largest absolute Gasteiger partial charge is 0.497 e. The van der Waals surface area contributed by atoms with E-state index in [1.165, 1.54) is 29.4 Å². The van der Waals surface area contributed by atoms with E-state index in [4.69, 9.17) is 4.74 Å². The van der Waals surface area contributed by atoms with Crippen LogP contribution in [-0.4, -0.2) is 17.6 Å². The molecule has 0 aliphatic heterocycles. The number of pyridine rings is 1. The molecule has 0 aliphatic carbocycles. The van der Waals surface area contributed by atoms with Crippen molar-refractivity contribution in [3.05, 3.63) is 100 Å². The fourth-order valence-electron chi connectivity index (χ4n) is 3.77. The molecule has 0 fully saturated rings. The fourth-order valence-corrected chi connectivity index (χ4v) is 3.77. The van der Waals surface area contributed by atoms with Crippen molar-refractivity contribution in [3.8, 4) is 5.75 Å². The second-order valence-electron chi connectivity index (χ2n) is 7.92. The Morgan fingerprint density at radius 3 is 2.50 bits per heavy atom. The Labute approximate surface area is 197 Å². The summed E-state index contributed by atoms with van der Waals surface area (Å²) >= 11 is 0. The Morgan fingerprint density at radius 2 is 1.79 bits per heavy atom. The number of nitrogens with one attached hydrogen (secondary N) is 2. The Balaban J connectivity index is 1.66. The van der Waals surface area contributed by atoms with Gasteiger partial charge in [-0.2, -0.15) is 0 Å². The third-order valence-corrected chi connectivity index (χ3v) is 5.67. The first-order chi connectivity index (χ1) is 16.5. The Hall–Kier alpha value is -4.13. The highest BCUT2D eigenvalue weighted by Crippen LogP contribution is 2.22. The highest BCUT2D eigenvalue weighted by molar-refractivity contribution is 5.92. The number of ether oxygens (including phenoxy) is 1. The summed E-state index contributed by atoms with van der Waals surface area (Å²) < 4.78 is 20.7. The maximum Gasteiger partial charge on any atom is 0.256 e. The minimum absolute atomic E-state index is 0.0655. The number of benzene rings is 3. The number of hydrogen-bond acceptors (Lipinski definition) is 4. The van der Waals surface area contributed by atoms with Crippen LogP contribution in [0.4, 0.5) is 15.8 Å². The lowest BCUT2D eigenvalue weighted by Crippen LogP contribution is -2.31. The van der Waals surface area contributed by atoms with Crippen molar-refractivity contribution in [2.24, 2.45) is 0 Å². The molecule has 0 saturated heterocycles. The van der Waals surface area contributed by atoms with E-state index >= 15 is 0 Å². The van der Waals surface area contributed by atoms with Crippen molar-refractivity contribution in [2.45, 2.75) is 26.4 Å². The molecule has 6 nitrogen and oxygen atoms in total. The van der Waals surface area contributed by atoms with Gasteiger partial charge in [0.1, 0.15) is 18.1 Å². The predicted molar refractivity (Wildman–Crippen MR) is 133 cm³/mol. The molecule has 0 unspecified atom stereocenters. The number of amides is 1. The van der Waals surface area contributed by atoms with Gasteiger partial charge in [0, 0.05) is 23.9 Å². The molecule has 0 saturated carbocycles. The van der Waals surface area contributed by atoms with Crippen LogP contribution in [0.3, 0.4) is 0 Å². The van der Waals surface area contributed by atoms with Crippen LogP contribution in [-0.2, 0) is 24.3 Å². The third-order valence-electron chi connectivity index (χ3n) is 5.67. The number of anilines is 2. The Kier molecular flexibility index (Phi) is 6.92. The van der Waals surface area contributed by atoms with E-state index in [2.05, 4.69) is 17.6 Å². The van der Waals surface area contributed by atoms with Gasteiger partial charge in [-0.25, -0.2) is 4.39 Å². The number of nitrogens with zero attached hydrogens (tertiary/aromatic N) is 1. The van der Waals surface area contributed by atoms with Gasteiger partial charge in [-0.3, -0.25) is 14.2 Å². The number of aryl methyl sites for hydroxylation is 1. The molecular weight excluding hydrogens is 433 g/mol. The standard InChI is InChI=1S/C27H26FN3O3/c1-3-18-8-11-21(12-9-18)29-16-20-14-19-10-13-22(34-2)15-25(19)31(27(20)33)17-26(32)30-24-7-5-4-6-23(24)28/h4-15,29H,3,16-17H2,1-2H3,(H,30,32). The van der Waals surface area contributed by atoms with Gasteiger partial charge in [0.15, 0.2) is 0 Å². The van der Waals surface area contributed by atoms with Crippen LogP contribution in [0.5, 0.6) is 5.75 Å². The summed E-state index contributed by atoms with van der Waals surface area (Å²) in [6, 6.07) is 21.1. The second kappa shape index (κ2) is 10.2. The summed E-state index contributed by atoms with van der Waals surface area (Å²) in [7, 11) is 1.54. The first-order valence-corrected chi connectivity index (χ1v) is 11.1. The van der Waals surface area contributed by atoms with E-state index in [1.54, 1.807) is 24.3 Å². The van der Waals surface area contributed by atoms with Crippen LogP contribution < -0.4 is 20.9 Å². The molecule has 7 heteroatoms. The van der Waals surface area contributed by atoms with Gasteiger partial charge < -0.3 is 15.4 Å².